The summed E-state index contributed by atoms with van der Waals surface area (Å²) in [7, 11) is 0. The molecule has 1 atom stereocenters. The fourth-order valence-electron chi connectivity index (χ4n) is 1.58. The number of nitrogens with zero attached hydrogens (tertiary/aromatic N) is 1. The van der Waals surface area contributed by atoms with Crippen LogP contribution in [0.5, 0.6) is 0 Å². The lowest BCUT2D eigenvalue weighted by Gasteiger charge is -2.11. The number of aromatic nitrogens is 1. The van der Waals surface area contributed by atoms with Crippen LogP contribution in [0.4, 0.5) is 0 Å². The third-order valence-corrected chi connectivity index (χ3v) is 3.74. The molecule has 0 amide bonds. The third-order valence-electron chi connectivity index (χ3n) is 2.51. The van der Waals surface area contributed by atoms with Crippen molar-refractivity contribution >= 4 is 27.5 Å². The molecule has 0 fully saturated rings. The zero-order valence-corrected chi connectivity index (χ0v) is 11.3. The van der Waals surface area contributed by atoms with E-state index in [-0.39, 0.29) is 0 Å². The number of hydrogen-bond donors (Lipinski definition) is 1. The average molecular weight is 313 g/mol. The summed E-state index contributed by atoms with van der Waals surface area (Å²) in [5.74, 6) is 0. The van der Waals surface area contributed by atoms with Crippen molar-refractivity contribution in [2.45, 2.75) is 12.5 Å². The van der Waals surface area contributed by atoms with E-state index in [4.69, 9.17) is 11.6 Å². The Morgan fingerprint density at radius 3 is 2.59 bits per heavy atom. The van der Waals surface area contributed by atoms with E-state index in [9.17, 15) is 5.11 Å². The molecule has 2 nitrogen and oxygen atoms in total. The van der Waals surface area contributed by atoms with Crippen LogP contribution in [0, 0.1) is 0 Å². The molecule has 0 aliphatic rings. The summed E-state index contributed by atoms with van der Waals surface area (Å²) in [6, 6.07) is 9.26. The Morgan fingerprint density at radius 1 is 1.24 bits per heavy atom. The second-order valence-electron chi connectivity index (χ2n) is 3.75. The Balaban J connectivity index is 2.14. The number of rotatable bonds is 3. The van der Waals surface area contributed by atoms with Crippen LogP contribution in [0.25, 0.3) is 0 Å². The molecule has 2 rings (SSSR count). The molecule has 1 unspecified atom stereocenters. The molecule has 17 heavy (non-hydrogen) atoms. The van der Waals surface area contributed by atoms with Gasteiger partial charge in [0.25, 0.3) is 0 Å². The molecule has 0 bridgehead atoms. The Kier molecular flexibility index (Phi) is 4.15. The zero-order chi connectivity index (χ0) is 12.3. The molecule has 1 N–H and O–H groups in total. The lowest BCUT2D eigenvalue weighted by atomic mass is 10.0. The lowest BCUT2D eigenvalue weighted by Crippen LogP contribution is -2.01. The van der Waals surface area contributed by atoms with Gasteiger partial charge >= 0.3 is 0 Å². The SMILES string of the molecule is OC(Cc1ccncc1)c1ccc(Br)c(Cl)c1. The van der Waals surface area contributed by atoms with Gasteiger partial charge in [-0.1, -0.05) is 17.7 Å². The topological polar surface area (TPSA) is 33.1 Å². The van der Waals surface area contributed by atoms with Crippen LogP contribution in [-0.2, 0) is 6.42 Å². The fourth-order valence-corrected chi connectivity index (χ4v) is 2.02. The van der Waals surface area contributed by atoms with Crippen molar-refractivity contribution in [1.82, 2.24) is 4.98 Å². The van der Waals surface area contributed by atoms with Gasteiger partial charge in [0, 0.05) is 23.3 Å². The van der Waals surface area contributed by atoms with Crippen LogP contribution in [0.15, 0.2) is 47.2 Å². The highest BCUT2D eigenvalue weighted by Gasteiger charge is 2.10. The molecule has 0 aliphatic carbocycles. The van der Waals surface area contributed by atoms with Crippen molar-refractivity contribution in [3.8, 4) is 0 Å². The Hall–Kier alpha value is -0.900. The number of hydrogen-bond acceptors (Lipinski definition) is 2. The largest absolute Gasteiger partial charge is 0.388 e. The Morgan fingerprint density at radius 2 is 1.94 bits per heavy atom. The van der Waals surface area contributed by atoms with E-state index in [0.29, 0.717) is 11.4 Å². The first-order valence-corrected chi connectivity index (χ1v) is 6.36. The van der Waals surface area contributed by atoms with Crippen molar-refractivity contribution in [3.05, 3.63) is 63.3 Å². The van der Waals surface area contributed by atoms with Gasteiger partial charge in [0.2, 0.25) is 0 Å². The molecule has 1 heterocycles. The quantitative estimate of drug-likeness (QED) is 0.936. The van der Waals surface area contributed by atoms with Gasteiger partial charge in [-0.3, -0.25) is 4.98 Å². The summed E-state index contributed by atoms with van der Waals surface area (Å²) in [4.78, 5) is 3.94. The zero-order valence-electron chi connectivity index (χ0n) is 8.98. The van der Waals surface area contributed by atoms with E-state index in [1.165, 1.54) is 0 Å². The highest BCUT2D eigenvalue weighted by atomic mass is 79.9. The van der Waals surface area contributed by atoms with Gasteiger partial charge in [0.1, 0.15) is 0 Å². The van der Waals surface area contributed by atoms with E-state index < -0.39 is 6.10 Å². The molecular formula is C13H11BrClNO. The summed E-state index contributed by atoms with van der Waals surface area (Å²) in [6.07, 6.45) is 3.44. The van der Waals surface area contributed by atoms with E-state index in [1.807, 2.05) is 24.3 Å². The molecule has 0 spiro atoms. The Bertz CT molecular complexity index is 504. The number of benzene rings is 1. The lowest BCUT2D eigenvalue weighted by molar-refractivity contribution is 0.178. The normalized spacial score (nSPS) is 12.4. The van der Waals surface area contributed by atoms with Crippen molar-refractivity contribution in [2.24, 2.45) is 0 Å². The summed E-state index contributed by atoms with van der Waals surface area (Å²) in [5.41, 5.74) is 1.86. The van der Waals surface area contributed by atoms with Crippen LogP contribution in [-0.4, -0.2) is 10.1 Å². The molecule has 1 aromatic carbocycles. The van der Waals surface area contributed by atoms with Gasteiger partial charge in [-0.05, 0) is 51.3 Å². The van der Waals surface area contributed by atoms with E-state index in [1.54, 1.807) is 18.5 Å². The molecule has 0 aliphatic heterocycles. The third kappa shape index (κ3) is 3.28. The summed E-state index contributed by atoms with van der Waals surface area (Å²) >= 11 is 9.32. The van der Waals surface area contributed by atoms with E-state index in [2.05, 4.69) is 20.9 Å². The molecular weight excluding hydrogens is 302 g/mol. The number of pyridine rings is 1. The summed E-state index contributed by atoms with van der Waals surface area (Å²) in [5, 5.41) is 10.7. The number of aliphatic hydroxyl groups excluding tert-OH is 1. The fraction of sp³-hybridized carbons (Fsp3) is 0.154. The smallest absolute Gasteiger partial charge is 0.0830 e. The van der Waals surface area contributed by atoms with Crippen molar-refractivity contribution in [1.29, 1.82) is 0 Å². The van der Waals surface area contributed by atoms with E-state index in [0.717, 1.165) is 15.6 Å². The first kappa shape index (κ1) is 12.6. The number of halogens is 2. The molecule has 1 aromatic heterocycles. The second-order valence-corrected chi connectivity index (χ2v) is 5.01. The first-order chi connectivity index (χ1) is 8.16. The standard InChI is InChI=1S/C13H11BrClNO/c14-11-2-1-10(8-12(11)15)13(17)7-9-3-5-16-6-4-9/h1-6,8,13,17H,7H2. The summed E-state index contributed by atoms with van der Waals surface area (Å²) in [6.45, 7) is 0. The van der Waals surface area contributed by atoms with Crippen LogP contribution >= 0.6 is 27.5 Å². The molecule has 4 heteroatoms. The van der Waals surface area contributed by atoms with Crippen molar-refractivity contribution in [2.75, 3.05) is 0 Å². The van der Waals surface area contributed by atoms with Crippen LogP contribution < -0.4 is 0 Å². The van der Waals surface area contributed by atoms with Crippen molar-refractivity contribution < 1.29 is 5.11 Å². The van der Waals surface area contributed by atoms with Gasteiger partial charge in [-0.25, -0.2) is 0 Å². The first-order valence-electron chi connectivity index (χ1n) is 5.19. The molecule has 88 valence electrons. The highest BCUT2D eigenvalue weighted by molar-refractivity contribution is 9.10. The maximum Gasteiger partial charge on any atom is 0.0830 e. The predicted octanol–water partition coefficient (Wildman–Crippen LogP) is 3.77. The van der Waals surface area contributed by atoms with Crippen LogP contribution in [0.1, 0.15) is 17.2 Å². The summed E-state index contributed by atoms with van der Waals surface area (Å²) < 4.78 is 0.832. The molecule has 0 radical (unpaired) electrons. The van der Waals surface area contributed by atoms with Gasteiger partial charge in [0.15, 0.2) is 0 Å². The highest BCUT2D eigenvalue weighted by Crippen LogP contribution is 2.27. The van der Waals surface area contributed by atoms with E-state index >= 15 is 0 Å². The van der Waals surface area contributed by atoms with Gasteiger partial charge < -0.3 is 5.11 Å². The maximum absolute atomic E-state index is 10.1. The Labute approximate surface area is 113 Å². The van der Waals surface area contributed by atoms with Crippen LogP contribution in [0.3, 0.4) is 0 Å². The molecule has 2 aromatic rings. The predicted molar refractivity (Wildman–Crippen MR) is 72.1 cm³/mol. The maximum atomic E-state index is 10.1. The van der Waals surface area contributed by atoms with Crippen molar-refractivity contribution in [3.63, 3.8) is 0 Å². The average Bonchev–Trinajstić information content (AvgIpc) is 2.34. The molecule has 0 saturated heterocycles. The van der Waals surface area contributed by atoms with Gasteiger partial charge in [-0.15, -0.1) is 0 Å². The number of aliphatic hydroxyl groups is 1. The van der Waals surface area contributed by atoms with Gasteiger partial charge in [-0.2, -0.15) is 0 Å². The van der Waals surface area contributed by atoms with Gasteiger partial charge in [0.05, 0.1) is 11.1 Å². The monoisotopic (exact) mass is 311 g/mol. The van der Waals surface area contributed by atoms with Crippen LogP contribution in [0.2, 0.25) is 5.02 Å². The minimum Gasteiger partial charge on any atom is -0.388 e. The minimum atomic E-state index is -0.553. The minimum absolute atomic E-state index is 0.553. The second kappa shape index (κ2) is 5.63. The molecule has 0 saturated carbocycles.